The fourth-order valence-electron chi connectivity index (χ4n) is 5.08. The molecule has 0 aromatic heterocycles. The number of likely N-dealkylation sites (tertiary alicyclic amines) is 1. The number of fused-ring (bicyclic) bond motifs is 3. The van der Waals surface area contributed by atoms with Crippen molar-refractivity contribution in [2.24, 2.45) is 0 Å². The fraction of sp³-hybridized carbons (Fsp3) is 0.500. The number of sulfonamides is 1. The lowest BCUT2D eigenvalue weighted by Crippen LogP contribution is -2.28. The summed E-state index contributed by atoms with van der Waals surface area (Å²) in [6, 6.07) is 9.32. The second kappa shape index (κ2) is 9.00. The number of rotatable bonds is 7. The van der Waals surface area contributed by atoms with Crippen molar-refractivity contribution in [2.75, 3.05) is 37.6 Å². The maximum atomic E-state index is 13.9. The first-order chi connectivity index (χ1) is 15.5. The number of benzene rings is 2. The topological polar surface area (TPSA) is 67.9 Å². The molecule has 5 rings (SSSR count). The van der Waals surface area contributed by atoms with Gasteiger partial charge in [-0.2, -0.15) is 0 Å². The van der Waals surface area contributed by atoms with Gasteiger partial charge in [0.15, 0.2) is 0 Å². The molecule has 6 nitrogen and oxygen atoms in total. The van der Waals surface area contributed by atoms with Crippen LogP contribution in [0.25, 0.3) is 0 Å². The molecule has 3 aliphatic heterocycles. The van der Waals surface area contributed by atoms with E-state index in [1.165, 1.54) is 31.0 Å². The number of nitrogens with zero attached hydrogens (tertiary/aromatic N) is 1. The molecule has 3 heterocycles. The molecular formula is C24H29FN2O4S. The van der Waals surface area contributed by atoms with Crippen molar-refractivity contribution < 1.29 is 22.3 Å². The van der Waals surface area contributed by atoms with E-state index in [1.807, 2.05) is 6.07 Å². The summed E-state index contributed by atoms with van der Waals surface area (Å²) in [5.41, 5.74) is 2.01. The maximum absolute atomic E-state index is 13.9. The van der Waals surface area contributed by atoms with E-state index in [1.54, 1.807) is 12.1 Å². The highest BCUT2D eigenvalue weighted by Gasteiger charge is 2.36. The fourth-order valence-corrected chi connectivity index (χ4v) is 6.39. The van der Waals surface area contributed by atoms with Crippen LogP contribution in [-0.4, -0.2) is 52.3 Å². The van der Waals surface area contributed by atoms with Crippen molar-refractivity contribution in [3.63, 3.8) is 0 Å². The number of hydrogen-bond donors (Lipinski definition) is 1. The molecule has 3 aliphatic rings. The molecule has 0 bridgehead atoms. The van der Waals surface area contributed by atoms with Gasteiger partial charge in [-0.05, 0) is 81.6 Å². The van der Waals surface area contributed by atoms with Crippen LogP contribution in [0.5, 0.6) is 5.75 Å². The maximum Gasteiger partial charge on any atom is 0.262 e. The number of aryl methyl sites for hydroxylation is 1. The number of hydrogen-bond acceptors (Lipinski definition) is 5. The molecule has 2 fully saturated rings. The van der Waals surface area contributed by atoms with Gasteiger partial charge >= 0.3 is 0 Å². The van der Waals surface area contributed by atoms with E-state index in [0.717, 1.165) is 44.6 Å². The van der Waals surface area contributed by atoms with E-state index in [4.69, 9.17) is 9.47 Å². The van der Waals surface area contributed by atoms with E-state index in [-0.39, 0.29) is 11.0 Å². The lowest BCUT2D eigenvalue weighted by atomic mass is 9.90. The highest BCUT2D eigenvalue weighted by molar-refractivity contribution is 7.92. The normalized spacial score (nSPS) is 22.9. The van der Waals surface area contributed by atoms with Crippen LogP contribution in [-0.2, 0) is 21.2 Å². The van der Waals surface area contributed by atoms with Gasteiger partial charge in [0, 0.05) is 24.2 Å². The standard InChI is InChI=1S/C24H29FN2O4S/c25-18-5-8-24(17(14-18)4-3-12-27-10-1-2-11-27)32(28,29)26-19-6-7-20-21-9-13-30-23(21)16-31-22(20)15-19/h5-8,14-15,21,23,26H,1-4,9-13,16H2. The van der Waals surface area contributed by atoms with Gasteiger partial charge < -0.3 is 14.4 Å². The van der Waals surface area contributed by atoms with Crippen LogP contribution in [0.1, 0.15) is 42.7 Å². The first-order valence-corrected chi connectivity index (χ1v) is 12.9. The Labute approximate surface area is 188 Å². The number of nitrogens with one attached hydrogen (secondary N) is 1. The van der Waals surface area contributed by atoms with Crippen molar-refractivity contribution in [3.8, 4) is 5.75 Å². The molecule has 172 valence electrons. The van der Waals surface area contributed by atoms with Gasteiger partial charge in [-0.15, -0.1) is 0 Å². The van der Waals surface area contributed by atoms with Gasteiger partial charge in [0.25, 0.3) is 10.0 Å². The summed E-state index contributed by atoms with van der Waals surface area (Å²) in [5.74, 6) is 0.571. The average molecular weight is 461 g/mol. The second-order valence-electron chi connectivity index (χ2n) is 8.88. The Kier molecular flexibility index (Phi) is 6.09. The molecule has 2 unspecified atom stereocenters. The molecule has 1 N–H and O–H groups in total. The largest absolute Gasteiger partial charge is 0.490 e. The van der Waals surface area contributed by atoms with E-state index in [0.29, 0.717) is 35.9 Å². The highest BCUT2D eigenvalue weighted by Crippen LogP contribution is 2.42. The van der Waals surface area contributed by atoms with E-state index >= 15 is 0 Å². The van der Waals surface area contributed by atoms with Gasteiger partial charge in [0.1, 0.15) is 18.2 Å². The first-order valence-electron chi connectivity index (χ1n) is 11.4. The van der Waals surface area contributed by atoms with Gasteiger partial charge in [-0.1, -0.05) is 6.07 Å². The van der Waals surface area contributed by atoms with Crippen LogP contribution in [0.15, 0.2) is 41.3 Å². The third-order valence-electron chi connectivity index (χ3n) is 6.71. The minimum Gasteiger partial charge on any atom is -0.490 e. The monoisotopic (exact) mass is 460 g/mol. The molecule has 2 saturated heterocycles. The predicted molar refractivity (Wildman–Crippen MR) is 120 cm³/mol. The molecular weight excluding hydrogens is 431 g/mol. The molecule has 0 amide bonds. The third-order valence-corrected chi connectivity index (χ3v) is 8.19. The Morgan fingerprint density at radius 3 is 2.81 bits per heavy atom. The van der Waals surface area contributed by atoms with Crippen molar-refractivity contribution in [1.29, 1.82) is 0 Å². The third kappa shape index (κ3) is 4.49. The van der Waals surface area contributed by atoms with Crippen LogP contribution in [0.4, 0.5) is 10.1 Å². The van der Waals surface area contributed by atoms with E-state index in [2.05, 4.69) is 9.62 Å². The van der Waals surface area contributed by atoms with Crippen LogP contribution in [0.3, 0.4) is 0 Å². The zero-order chi connectivity index (χ0) is 22.1. The summed E-state index contributed by atoms with van der Waals surface area (Å²) in [7, 11) is -3.86. The number of halogens is 1. The lowest BCUT2D eigenvalue weighted by Gasteiger charge is -2.28. The second-order valence-corrected chi connectivity index (χ2v) is 10.5. The minimum atomic E-state index is -3.86. The quantitative estimate of drug-likeness (QED) is 0.678. The van der Waals surface area contributed by atoms with Crippen LogP contribution < -0.4 is 9.46 Å². The van der Waals surface area contributed by atoms with Crippen LogP contribution in [0, 0.1) is 5.82 Å². The summed E-state index contributed by atoms with van der Waals surface area (Å²) in [6.07, 6.45) is 4.75. The van der Waals surface area contributed by atoms with Crippen molar-refractivity contribution in [2.45, 2.75) is 49.0 Å². The van der Waals surface area contributed by atoms with E-state index in [9.17, 15) is 12.8 Å². The predicted octanol–water partition coefficient (Wildman–Crippen LogP) is 3.92. The number of anilines is 1. The molecule has 32 heavy (non-hydrogen) atoms. The Morgan fingerprint density at radius 1 is 1.12 bits per heavy atom. The van der Waals surface area contributed by atoms with Gasteiger partial charge in [-0.25, -0.2) is 12.8 Å². The zero-order valence-corrected chi connectivity index (χ0v) is 18.9. The summed E-state index contributed by atoms with van der Waals surface area (Å²) in [6.45, 7) is 4.27. The van der Waals surface area contributed by atoms with Crippen LogP contribution >= 0.6 is 0 Å². The van der Waals surface area contributed by atoms with Crippen molar-refractivity contribution in [1.82, 2.24) is 4.90 Å². The van der Waals surface area contributed by atoms with Crippen LogP contribution in [0.2, 0.25) is 0 Å². The van der Waals surface area contributed by atoms with Crippen molar-refractivity contribution >= 4 is 15.7 Å². The molecule has 2 aromatic rings. The number of ether oxygens (including phenoxy) is 2. The Balaban J connectivity index is 1.33. The molecule has 2 aromatic carbocycles. The molecule has 0 radical (unpaired) electrons. The zero-order valence-electron chi connectivity index (χ0n) is 18.1. The van der Waals surface area contributed by atoms with Gasteiger partial charge in [0.05, 0.1) is 16.7 Å². The minimum absolute atomic E-state index is 0.0763. The summed E-state index contributed by atoms with van der Waals surface area (Å²) in [5, 5.41) is 0. The van der Waals surface area contributed by atoms with E-state index < -0.39 is 15.8 Å². The molecule has 0 aliphatic carbocycles. The Morgan fingerprint density at radius 2 is 1.97 bits per heavy atom. The molecule has 0 spiro atoms. The van der Waals surface area contributed by atoms with Crippen molar-refractivity contribution in [3.05, 3.63) is 53.3 Å². The highest BCUT2D eigenvalue weighted by atomic mass is 32.2. The average Bonchev–Trinajstić information content (AvgIpc) is 3.45. The van der Waals surface area contributed by atoms with Gasteiger partial charge in [-0.3, -0.25) is 4.72 Å². The molecule has 8 heteroatoms. The summed E-state index contributed by atoms with van der Waals surface area (Å²) >= 11 is 0. The SMILES string of the molecule is O=S(=O)(Nc1ccc2c(c1)OCC1OCCC21)c1ccc(F)cc1CCCN1CCCC1. The smallest absolute Gasteiger partial charge is 0.262 e. The lowest BCUT2D eigenvalue weighted by molar-refractivity contribution is 0.0505. The molecule has 0 saturated carbocycles. The summed E-state index contributed by atoms with van der Waals surface area (Å²) < 4.78 is 54.5. The first kappa shape index (κ1) is 21.7. The molecule has 2 atom stereocenters. The summed E-state index contributed by atoms with van der Waals surface area (Å²) in [4.78, 5) is 2.50. The Hall–Kier alpha value is -2.16. The van der Waals surface area contributed by atoms with Gasteiger partial charge in [0.2, 0.25) is 0 Å². The Bertz CT molecular complexity index is 1090.